The van der Waals surface area contributed by atoms with E-state index in [1.807, 2.05) is 82.4 Å². The lowest BCUT2D eigenvalue weighted by atomic mass is 9.77. The Balaban J connectivity index is 1.65. The van der Waals surface area contributed by atoms with Crippen molar-refractivity contribution in [2.24, 2.45) is 7.05 Å². The molecule has 0 fully saturated rings. The maximum atomic E-state index is 12.8. The summed E-state index contributed by atoms with van der Waals surface area (Å²) in [5, 5.41) is 13.8. The third kappa shape index (κ3) is 6.65. The minimum Gasteiger partial charge on any atom is -0.449 e. The van der Waals surface area contributed by atoms with E-state index in [0.717, 1.165) is 16.7 Å². The number of aromatic nitrogens is 2. The molecule has 0 unspecified atom stereocenters. The molecule has 8 nitrogen and oxygen atoms in total. The summed E-state index contributed by atoms with van der Waals surface area (Å²) in [6, 6.07) is 30.6. The van der Waals surface area contributed by atoms with E-state index in [1.165, 1.54) is 0 Å². The highest BCUT2D eigenvalue weighted by Gasteiger charge is 2.37. The Bertz CT molecular complexity index is 1280. The van der Waals surface area contributed by atoms with Gasteiger partial charge in [0.05, 0.1) is 12.6 Å². The van der Waals surface area contributed by atoms with Gasteiger partial charge in [-0.2, -0.15) is 5.10 Å². The van der Waals surface area contributed by atoms with Gasteiger partial charge in [-0.15, -0.1) is 0 Å². The van der Waals surface area contributed by atoms with Crippen molar-refractivity contribution < 1.29 is 14.3 Å². The summed E-state index contributed by atoms with van der Waals surface area (Å²) < 4.78 is 6.87. The molecule has 0 bridgehead atoms. The second-order valence-electron chi connectivity index (χ2n) is 10.3. The minimum absolute atomic E-state index is 0.00704. The number of amides is 2. The first kappa shape index (κ1) is 27.4. The minimum atomic E-state index is -0.787. The van der Waals surface area contributed by atoms with Crippen LogP contribution in [0.25, 0.3) is 0 Å². The maximum Gasteiger partial charge on any atom is 0.407 e. The second-order valence-corrected chi connectivity index (χ2v) is 10.3. The Morgan fingerprint density at radius 3 is 1.77 bits per heavy atom. The molecule has 202 valence electrons. The number of alkyl carbamates (subject to hydrolysis) is 1. The van der Waals surface area contributed by atoms with Crippen molar-refractivity contribution in [3.8, 4) is 0 Å². The van der Waals surface area contributed by atoms with Crippen LogP contribution in [0.4, 0.5) is 16.3 Å². The molecule has 0 atom stereocenters. The van der Waals surface area contributed by atoms with Crippen LogP contribution in [0.15, 0.2) is 97.2 Å². The molecule has 8 heteroatoms. The number of aryl methyl sites for hydroxylation is 1. The predicted molar refractivity (Wildman–Crippen MR) is 154 cm³/mol. The van der Waals surface area contributed by atoms with Crippen molar-refractivity contribution in [1.82, 2.24) is 15.1 Å². The van der Waals surface area contributed by atoms with Crippen LogP contribution in [0, 0.1) is 0 Å². The lowest BCUT2D eigenvalue weighted by Gasteiger charge is -2.38. The quantitative estimate of drug-likeness (QED) is 0.244. The van der Waals surface area contributed by atoms with Crippen LogP contribution in [0.1, 0.15) is 43.9 Å². The maximum absolute atomic E-state index is 12.8. The summed E-state index contributed by atoms with van der Waals surface area (Å²) in [7, 11) is 1.82. The number of carbonyl (C=O) groups is 2. The van der Waals surface area contributed by atoms with Gasteiger partial charge in [0.1, 0.15) is 23.7 Å². The van der Waals surface area contributed by atoms with Gasteiger partial charge in [0.2, 0.25) is 5.91 Å². The zero-order valence-corrected chi connectivity index (χ0v) is 22.8. The Labute approximate surface area is 229 Å². The van der Waals surface area contributed by atoms with Crippen LogP contribution >= 0.6 is 0 Å². The zero-order valence-electron chi connectivity index (χ0n) is 22.8. The molecule has 4 rings (SSSR count). The lowest BCUT2D eigenvalue weighted by molar-refractivity contribution is -0.116. The highest BCUT2D eigenvalue weighted by molar-refractivity contribution is 5.94. The first-order valence-corrected chi connectivity index (χ1v) is 12.9. The van der Waals surface area contributed by atoms with E-state index in [4.69, 9.17) is 4.74 Å². The highest BCUT2D eigenvalue weighted by Crippen LogP contribution is 2.41. The number of benzene rings is 3. The SMILES string of the molecule is Cn1ncc(NC(=O)CCOC(=O)NC(C)(C)C)c1NC(c1ccccc1)(c1ccccc1)c1ccccc1. The molecule has 1 heterocycles. The number of carbonyl (C=O) groups excluding carboxylic acids is 2. The topological polar surface area (TPSA) is 97.3 Å². The average Bonchev–Trinajstić information content (AvgIpc) is 3.25. The van der Waals surface area contributed by atoms with Gasteiger partial charge in [0.15, 0.2) is 0 Å². The summed E-state index contributed by atoms with van der Waals surface area (Å²) in [6.45, 7) is 5.54. The van der Waals surface area contributed by atoms with E-state index in [9.17, 15) is 9.59 Å². The van der Waals surface area contributed by atoms with Gasteiger partial charge in [-0.25, -0.2) is 4.79 Å². The number of nitrogens with one attached hydrogen (secondary N) is 3. The number of hydrogen-bond acceptors (Lipinski definition) is 5. The van der Waals surface area contributed by atoms with Crippen molar-refractivity contribution in [3.05, 3.63) is 114 Å². The molecule has 0 saturated heterocycles. The molecule has 39 heavy (non-hydrogen) atoms. The number of anilines is 2. The molecular formula is C31H35N5O3. The Kier molecular flexibility index (Phi) is 8.34. The van der Waals surface area contributed by atoms with Crippen LogP contribution in [0.5, 0.6) is 0 Å². The van der Waals surface area contributed by atoms with Gasteiger partial charge in [0, 0.05) is 12.6 Å². The number of nitrogens with zero attached hydrogens (tertiary/aromatic N) is 2. The highest BCUT2D eigenvalue weighted by atomic mass is 16.5. The zero-order chi connectivity index (χ0) is 27.9. The molecule has 0 aliphatic rings. The number of hydrogen-bond donors (Lipinski definition) is 3. The van der Waals surface area contributed by atoms with E-state index >= 15 is 0 Å². The van der Waals surface area contributed by atoms with Gasteiger partial charge in [-0.05, 0) is 37.5 Å². The predicted octanol–water partition coefficient (Wildman–Crippen LogP) is 5.68. The van der Waals surface area contributed by atoms with E-state index in [-0.39, 0.29) is 18.9 Å². The third-order valence-electron chi connectivity index (χ3n) is 6.18. The number of ether oxygens (including phenoxy) is 1. The monoisotopic (exact) mass is 525 g/mol. The fourth-order valence-electron chi connectivity index (χ4n) is 4.43. The van der Waals surface area contributed by atoms with E-state index in [1.54, 1.807) is 10.9 Å². The lowest BCUT2D eigenvalue weighted by Crippen LogP contribution is -2.41. The summed E-state index contributed by atoms with van der Waals surface area (Å²) in [4.78, 5) is 24.8. The van der Waals surface area contributed by atoms with Crippen molar-refractivity contribution in [2.75, 3.05) is 17.2 Å². The molecule has 0 aliphatic heterocycles. The first-order chi connectivity index (χ1) is 18.7. The van der Waals surface area contributed by atoms with Crippen molar-refractivity contribution >= 4 is 23.5 Å². The molecule has 4 aromatic rings. The van der Waals surface area contributed by atoms with E-state index in [2.05, 4.69) is 57.4 Å². The van der Waals surface area contributed by atoms with Crippen LogP contribution in [0.3, 0.4) is 0 Å². The molecule has 0 saturated carbocycles. The van der Waals surface area contributed by atoms with Crippen LogP contribution in [0.2, 0.25) is 0 Å². The molecule has 3 N–H and O–H groups in total. The Morgan fingerprint density at radius 2 is 1.31 bits per heavy atom. The summed E-state index contributed by atoms with van der Waals surface area (Å²) in [6.07, 6.45) is 1.06. The van der Waals surface area contributed by atoms with Crippen LogP contribution < -0.4 is 16.0 Å². The van der Waals surface area contributed by atoms with E-state index < -0.39 is 17.2 Å². The third-order valence-corrected chi connectivity index (χ3v) is 6.18. The molecule has 0 aliphatic carbocycles. The first-order valence-electron chi connectivity index (χ1n) is 12.9. The second kappa shape index (κ2) is 11.9. The van der Waals surface area contributed by atoms with Gasteiger partial charge < -0.3 is 20.7 Å². The molecular weight excluding hydrogens is 490 g/mol. The summed E-state index contributed by atoms with van der Waals surface area (Å²) in [5.74, 6) is 0.339. The van der Waals surface area contributed by atoms with Gasteiger partial charge >= 0.3 is 6.09 Å². The molecule has 0 radical (unpaired) electrons. The summed E-state index contributed by atoms with van der Waals surface area (Å²) in [5.41, 5.74) is 2.40. The number of rotatable bonds is 9. The molecule has 2 amide bonds. The Hall–Kier alpha value is -4.59. The smallest absolute Gasteiger partial charge is 0.407 e. The standard InChI is InChI=1S/C31H35N5O3/c1-30(2,3)35-29(38)39-21-20-27(37)33-26-22-32-36(4)28(26)34-31(23-14-8-5-9-15-23,24-16-10-6-11-17-24)25-18-12-7-13-19-25/h5-19,22,34H,20-21H2,1-4H3,(H,33,37)(H,35,38). The molecule has 0 spiro atoms. The molecule has 1 aromatic heterocycles. The van der Waals surface area contributed by atoms with Crippen molar-refractivity contribution in [1.29, 1.82) is 0 Å². The largest absolute Gasteiger partial charge is 0.449 e. The van der Waals surface area contributed by atoms with Crippen molar-refractivity contribution in [3.63, 3.8) is 0 Å². The normalized spacial score (nSPS) is 11.5. The van der Waals surface area contributed by atoms with Crippen LogP contribution in [-0.4, -0.2) is 33.9 Å². The summed E-state index contributed by atoms with van der Waals surface area (Å²) >= 11 is 0. The van der Waals surface area contributed by atoms with Gasteiger partial charge in [-0.3, -0.25) is 9.48 Å². The van der Waals surface area contributed by atoms with Gasteiger partial charge in [0.25, 0.3) is 0 Å². The van der Waals surface area contributed by atoms with Gasteiger partial charge in [-0.1, -0.05) is 91.0 Å². The fourth-order valence-corrected chi connectivity index (χ4v) is 4.43. The molecule has 3 aromatic carbocycles. The Morgan fingerprint density at radius 1 is 0.821 bits per heavy atom. The van der Waals surface area contributed by atoms with Crippen molar-refractivity contribution in [2.45, 2.75) is 38.3 Å². The average molecular weight is 526 g/mol. The van der Waals surface area contributed by atoms with E-state index in [0.29, 0.717) is 11.5 Å². The van der Waals surface area contributed by atoms with Crippen LogP contribution in [-0.2, 0) is 22.1 Å². The fraction of sp³-hybridized carbons (Fsp3) is 0.258.